The van der Waals surface area contributed by atoms with Gasteiger partial charge in [-0.25, -0.2) is 4.68 Å². The van der Waals surface area contributed by atoms with E-state index in [-0.39, 0.29) is 10.6 Å². The van der Waals surface area contributed by atoms with Crippen molar-refractivity contribution in [3.63, 3.8) is 0 Å². The van der Waals surface area contributed by atoms with E-state index in [1.165, 1.54) is 10.9 Å². The molecule has 0 radical (unpaired) electrons. The van der Waals surface area contributed by atoms with Gasteiger partial charge in [0.25, 0.3) is 5.56 Å². The molecule has 0 saturated carbocycles. The molecule has 0 bridgehead atoms. The number of hydrogen-bond donors (Lipinski definition) is 2. The number of aryl methyl sites for hydroxylation is 2. The van der Waals surface area contributed by atoms with Gasteiger partial charge in [-0.05, 0) is 6.92 Å². The lowest BCUT2D eigenvalue weighted by Gasteiger charge is -2.09. The monoisotopic (exact) mass is 282 g/mol. The van der Waals surface area contributed by atoms with E-state index in [0.29, 0.717) is 24.6 Å². The van der Waals surface area contributed by atoms with E-state index in [9.17, 15) is 4.79 Å². The van der Waals surface area contributed by atoms with Crippen LogP contribution < -0.4 is 16.6 Å². The molecular weight excluding hydrogens is 268 g/mol. The summed E-state index contributed by atoms with van der Waals surface area (Å²) in [6.45, 7) is 2.74. The zero-order chi connectivity index (χ0) is 14.0. The molecule has 0 aromatic carbocycles. The van der Waals surface area contributed by atoms with Gasteiger partial charge in [-0.3, -0.25) is 9.48 Å². The van der Waals surface area contributed by atoms with Crippen LogP contribution in [0.5, 0.6) is 0 Å². The Hall–Kier alpha value is -2.02. The second-order valence-electron chi connectivity index (χ2n) is 4.03. The molecule has 7 nitrogen and oxygen atoms in total. The summed E-state index contributed by atoms with van der Waals surface area (Å²) in [5.41, 5.74) is 6.83. The minimum absolute atomic E-state index is 0.124. The lowest BCUT2D eigenvalue weighted by atomic mass is 10.3. The number of nitrogen functional groups attached to an aromatic ring is 1. The highest BCUT2D eigenvalue weighted by molar-refractivity contribution is 6.32. The van der Waals surface area contributed by atoms with Crippen LogP contribution in [-0.4, -0.2) is 19.6 Å². The summed E-state index contributed by atoms with van der Waals surface area (Å²) in [5.74, 6) is 0.568. The Morgan fingerprint density at radius 3 is 2.74 bits per heavy atom. The van der Waals surface area contributed by atoms with Gasteiger partial charge in [-0.1, -0.05) is 11.6 Å². The van der Waals surface area contributed by atoms with Crippen molar-refractivity contribution >= 4 is 23.1 Å². The highest BCUT2D eigenvalue weighted by atomic mass is 35.5. The number of rotatable bonds is 4. The standard InChI is InChI=1S/C11H15ClN6O/c1-3-18-11(19)9(12)8(6-16-18)14-4-7-5-15-17(2)10(7)13/h5-6,14H,3-4,13H2,1-2H3. The fraction of sp³-hybridized carbons (Fsp3) is 0.364. The van der Waals surface area contributed by atoms with Crippen LogP contribution in [0.1, 0.15) is 12.5 Å². The molecule has 2 aromatic rings. The molecule has 102 valence electrons. The van der Waals surface area contributed by atoms with Crippen molar-refractivity contribution in [1.82, 2.24) is 19.6 Å². The fourth-order valence-corrected chi connectivity index (χ4v) is 1.85. The third-order valence-electron chi connectivity index (χ3n) is 2.82. The lowest BCUT2D eigenvalue weighted by molar-refractivity contribution is 0.616. The first-order chi connectivity index (χ1) is 9.04. The summed E-state index contributed by atoms with van der Waals surface area (Å²) in [5, 5.41) is 11.2. The van der Waals surface area contributed by atoms with Gasteiger partial charge < -0.3 is 11.1 Å². The second kappa shape index (κ2) is 5.31. The summed E-state index contributed by atoms with van der Waals surface area (Å²) in [6, 6.07) is 0. The first kappa shape index (κ1) is 13.4. The molecule has 0 aliphatic carbocycles. The topological polar surface area (TPSA) is 90.8 Å². The molecular formula is C11H15ClN6O. The molecule has 2 rings (SSSR count). The van der Waals surface area contributed by atoms with Crippen LogP contribution in [0, 0.1) is 0 Å². The molecule has 0 saturated heterocycles. The number of hydrogen-bond acceptors (Lipinski definition) is 5. The van der Waals surface area contributed by atoms with Gasteiger partial charge in [0.2, 0.25) is 0 Å². The Labute approximate surface area is 115 Å². The van der Waals surface area contributed by atoms with Crippen LogP contribution in [0.2, 0.25) is 5.02 Å². The van der Waals surface area contributed by atoms with E-state index >= 15 is 0 Å². The maximum Gasteiger partial charge on any atom is 0.287 e. The third kappa shape index (κ3) is 2.55. The first-order valence-electron chi connectivity index (χ1n) is 5.80. The average molecular weight is 283 g/mol. The van der Waals surface area contributed by atoms with Crippen molar-refractivity contribution in [2.24, 2.45) is 7.05 Å². The number of halogens is 1. The van der Waals surface area contributed by atoms with Crippen molar-refractivity contribution in [3.8, 4) is 0 Å². The molecule has 2 heterocycles. The lowest BCUT2D eigenvalue weighted by Crippen LogP contribution is -2.23. The van der Waals surface area contributed by atoms with Crippen molar-refractivity contribution in [2.45, 2.75) is 20.0 Å². The van der Waals surface area contributed by atoms with Crippen molar-refractivity contribution in [1.29, 1.82) is 0 Å². The molecule has 0 amide bonds. The molecule has 0 spiro atoms. The predicted molar refractivity (Wildman–Crippen MR) is 74.1 cm³/mol. The number of aromatic nitrogens is 4. The first-order valence-corrected chi connectivity index (χ1v) is 6.18. The molecule has 0 atom stereocenters. The van der Waals surface area contributed by atoms with E-state index in [2.05, 4.69) is 15.5 Å². The van der Waals surface area contributed by atoms with Gasteiger partial charge in [-0.2, -0.15) is 10.2 Å². The van der Waals surface area contributed by atoms with Gasteiger partial charge in [0.05, 0.1) is 18.1 Å². The minimum atomic E-state index is -0.312. The number of anilines is 2. The molecule has 19 heavy (non-hydrogen) atoms. The number of nitrogens with two attached hydrogens (primary N) is 1. The maximum atomic E-state index is 11.8. The van der Waals surface area contributed by atoms with Crippen LogP contribution >= 0.6 is 11.6 Å². The van der Waals surface area contributed by atoms with E-state index in [0.717, 1.165) is 5.56 Å². The van der Waals surface area contributed by atoms with Crippen LogP contribution in [0.3, 0.4) is 0 Å². The van der Waals surface area contributed by atoms with Crippen molar-refractivity contribution in [3.05, 3.63) is 33.3 Å². The molecule has 0 aliphatic heterocycles. The largest absolute Gasteiger partial charge is 0.384 e. The zero-order valence-corrected chi connectivity index (χ0v) is 11.5. The van der Waals surface area contributed by atoms with E-state index in [4.69, 9.17) is 17.3 Å². The van der Waals surface area contributed by atoms with E-state index < -0.39 is 0 Å². The molecule has 3 N–H and O–H groups in total. The Morgan fingerprint density at radius 1 is 1.42 bits per heavy atom. The summed E-state index contributed by atoms with van der Waals surface area (Å²) in [6.07, 6.45) is 3.19. The Kier molecular flexibility index (Phi) is 3.75. The molecule has 8 heteroatoms. The third-order valence-corrected chi connectivity index (χ3v) is 3.18. The van der Waals surface area contributed by atoms with Gasteiger partial charge in [0, 0.05) is 25.7 Å². The van der Waals surface area contributed by atoms with Crippen molar-refractivity contribution < 1.29 is 0 Å². The second-order valence-corrected chi connectivity index (χ2v) is 4.40. The summed E-state index contributed by atoms with van der Waals surface area (Å²) < 4.78 is 2.87. The Balaban J connectivity index is 2.19. The quantitative estimate of drug-likeness (QED) is 0.867. The molecule has 0 fully saturated rings. The highest BCUT2D eigenvalue weighted by Gasteiger charge is 2.10. The van der Waals surface area contributed by atoms with E-state index in [1.807, 2.05) is 6.92 Å². The molecule has 0 aliphatic rings. The number of nitrogens with one attached hydrogen (secondary N) is 1. The zero-order valence-electron chi connectivity index (χ0n) is 10.7. The molecule has 2 aromatic heterocycles. The van der Waals surface area contributed by atoms with Crippen LogP contribution in [0.25, 0.3) is 0 Å². The van der Waals surface area contributed by atoms with Gasteiger partial charge in [0.1, 0.15) is 10.8 Å². The normalized spacial score (nSPS) is 10.7. The highest BCUT2D eigenvalue weighted by Crippen LogP contribution is 2.18. The van der Waals surface area contributed by atoms with Gasteiger partial charge in [-0.15, -0.1) is 0 Å². The SMILES string of the molecule is CCn1ncc(NCc2cnn(C)c2N)c(Cl)c1=O. The molecule has 0 unspecified atom stereocenters. The average Bonchev–Trinajstić information content (AvgIpc) is 2.72. The summed E-state index contributed by atoms with van der Waals surface area (Å²) >= 11 is 6.00. The Bertz CT molecular complexity index is 647. The maximum absolute atomic E-state index is 11.8. The van der Waals surface area contributed by atoms with Crippen LogP contribution in [0.15, 0.2) is 17.2 Å². The fourth-order valence-electron chi connectivity index (χ4n) is 1.63. The predicted octanol–water partition coefficient (Wildman–Crippen LogP) is 0.844. The van der Waals surface area contributed by atoms with Gasteiger partial charge in [0.15, 0.2) is 0 Å². The smallest absolute Gasteiger partial charge is 0.287 e. The van der Waals surface area contributed by atoms with Crippen LogP contribution in [0.4, 0.5) is 11.5 Å². The van der Waals surface area contributed by atoms with Gasteiger partial charge >= 0.3 is 0 Å². The minimum Gasteiger partial charge on any atom is -0.384 e. The summed E-state index contributed by atoms with van der Waals surface area (Å²) in [4.78, 5) is 11.8. The van der Waals surface area contributed by atoms with E-state index in [1.54, 1.807) is 17.9 Å². The number of nitrogens with zero attached hydrogens (tertiary/aromatic N) is 4. The Morgan fingerprint density at radius 2 is 2.16 bits per heavy atom. The summed E-state index contributed by atoms with van der Waals surface area (Å²) in [7, 11) is 1.76. The van der Waals surface area contributed by atoms with Crippen molar-refractivity contribution in [2.75, 3.05) is 11.1 Å². The van der Waals surface area contributed by atoms with Crippen LogP contribution in [-0.2, 0) is 20.1 Å².